The van der Waals surface area contributed by atoms with Crippen LogP contribution < -0.4 is 9.60 Å². The second-order valence-corrected chi connectivity index (χ2v) is 10.2. The van der Waals surface area contributed by atoms with Crippen molar-refractivity contribution in [2.45, 2.75) is 18.0 Å². The lowest BCUT2D eigenvalue weighted by Gasteiger charge is -2.09. The average Bonchev–Trinajstić information content (AvgIpc) is 3.03. The Balaban J connectivity index is 1.63. The van der Waals surface area contributed by atoms with Crippen LogP contribution in [0, 0.1) is 0 Å². The van der Waals surface area contributed by atoms with Gasteiger partial charge in [0.1, 0.15) is 0 Å². The SMILES string of the molecule is O=c1sc2cc(S(=O)(=O)NCc3ccccc3Cl)ccc2n1Cc1ccccc1Cl. The minimum Gasteiger partial charge on any atom is -0.294 e. The molecule has 30 heavy (non-hydrogen) atoms. The van der Waals surface area contributed by atoms with Gasteiger partial charge in [-0.05, 0) is 41.5 Å². The molecule has 1 aromatic heterocycles. The van der Waals surface area contributed by atoms with Gasteiger partial charge in [0, 0.05) is 16.6 Å². The first kappa shape index (κ1) is 21.1. The fourth-order valence-corrected chi connectivity index (χ4v) is 5.49. The number of benzene rings is 3. The lowest BCUT2D eigenvalue weighted by Crippen LogP contribution is -2.23. The van der Waals surface area contributed by atoms with E-state index in [1.54, 1.807) is 41.0 Å². The standard InChI is InChI=1S/C21H16Cl2N2O3S2/c22-17-7-3-1-5-14(17)12-24-30(27,28)16-9-10-19-20(11-16)29-21(26)25(19)13-15-6-2-4-8-18(15)23/h1-11,24H,12-13H2. The molecule has 154 valence electrons. The number of nitrogens with zero attached hydrogens (tertiary/aromatic N) is 1. The molecule has 0 saturated heterocycles. The highest BCUT2D eigenvalue weighted by Gasteiger charge is 2.17. The first-order valence-electron chi connectivity index (χ1n) is 8.95. The fourth-order valence-electron chi connectivity index (χ4n) is 3.06. The molecule has 0 saturated carbocycles. The fraction of sp³-hybridized carbons (Fsp3) is 0.0952. The van der Waals surface area contributed by atoms with Crippen molar-refractivity contribution in [3.63, 3.8) is 0 Å². The summed E-state index contributed by atoms with van der Waals surface area (Å²) in [5.41, 5.74) is 2.16. The zero-order valence-electron chi connectivity index (χ0n) is 15.5. The zero-order valence-corrected chi connectivity index (χ0v) is 18.7. The van der Waals surface area contributed by atoms with E-state index in [2.05, 4.69) is 4.72 Å². The number of hydrogen-bond donors (Lipinski definition) is 1. The summed E-state index contributed by atoms with van der Waals surface area (Å²) < 4.78 is 30.2. The quantitative estimate of drug-likeness (QED) is 0.428. The number of nitrogens with one attached hydrogen (secondary N) is 1. The van der Waals surface area contributed by atoms with E-state index in [1.165, 1.54) is 12.1 Å². The number of halogens is 2. The molecule has 0 spiro atoms. The molecule has 0 bridgehead atoms. The Hall–Kier alpha value is -2.16. The van der Waals surface area contributed by atoms with E-state index in [4.69, 9.17) is 23.2 Å². The largest absolute Gasteiger partial charge is 0.308 e. The molecule has 5 nitrogen and oxygen atoms in total. The van der Waals surface area contributed by atoms with Gasteiger partial charge in [-0.15, -0.1) is 0 Å². The third-order valence-corrected chi connectivity index (χ3v) is 7.73. The van der Waals surface area contributed by atoms with Crippen molar-refractivity contribution in [3.8, 4) is 0 Å². The van der Waals surface area contributed by atoms with E-state index in [1.807, 2.05) is 18.2 Å². The Kier molecular flexibility index (Phi) is 5.99. The van der Waals surface area contributed by atoms with E-state index in [0.717, 1.165) is 16.9 Å². The predicted molar refractivity (Wildman–Crippen MR) is 122 cm³/mol. The minimum atomic E-state index is -3.77. The number of hydrogen-bond acceptors (Lipinski definition) is 4. The molecule has 0 atom stereocenters. The second kappa shape index (κ2) is 8.53. The smallest absolute Gasteiger partial charge is 0.294 e. The van der Waals surface area contributed by atoms with Gasteiger partial charge >= 0.3 is 4.87 Å². The average molecular weight is 479 g/mol. The predicted octanol–water partition coefficient (Wildman–Crippen LogP) is 4.90. The van der Waals surface area contributed by atoms with Gasteiger partial charge < -0.3 is 0 Å². The molecule has 0 radical (unpaired) electrons. The van der Waals surface area contributed by atoms with Crippen molar-refractivity contribution in [2.24, 2.45) is 0 Å². The van der Waals surface area contributed by atoms with Crippen molar-refractivity contribution < 1.29 is 8.42 Å². The highest BCUT2D eigenvalue weighted by Crippen LogP contribution is 2.24. The zero-order chi connectivity index (χ0) is 21.3. The van der Waals surface area contributed by atoms with Crippen LogP contribution in [0.2, 0.25) is 10.0 Å². The van der Waals surface area contributed by atoms with Crippen molar-refractivity contribution in [1.29, 1.82) is 0 Å². The molecule has 0 aliphatic heterocycles. The van der Waals surface area contributed by atoms with Crippen LogP contribution in [0.1, 0.15) is 11.1 Å². The van der Waals surface area contributed by atoms with Gasteiger partial charge in [0.05, 0.1) is 21.7 Å². The molecule has 4 aromatic rings. The van der Waals surface area contributed by atoms with Gasteiger partial charge in [0.15, 0.2) is 0 Å². The molecule has 1 heterocycles. The normalized spacial score (nSPS) is 11.8. The molecule has 4 rings (SSSR count). The molecular formula is C21H16Cl2N2O3S2. The molecular weight excluding hydrogens is 463 g/mol. The van der Waals surface area contributed by atoms with Crippen LogP contribution in [0.25, 0.3) is 10.2 Å². The third kappa shape index (κ3) is 4.31. The molecule has 0 unspecified atom stereocenters. The lowest BCUT2D eigenvalue weighted by molar-refractivity contribution is 0.581. The minimum absolute atomic E-state index is 0.0732. The van der Waals surface area contributed by atoms with Crippen LogP contribution in [-0.4, -0.2) is 13.0 Å². The Bertz CT molecular complexity index is 1390. The Morgan fingerprint density at radius 2 is 1.53 bits per heavy atom. The maximum absolute atomic E-state index is 12.7. The number of thiazole rings is 1. The van der Waals surface area contributed by atoms with E-state index < -0.39 is 10.0 Å². The Morgan fingerprint density at radius 3 is 2.20 bits per heavy atom. The van der Waals surface area contributed by atoms with Crippen molar-refractivity contribution >= 4 is 54.8 Å². The summed E-state index contributed by atoms with van der Waals surface area (Å²) in [5.74, 6) is 0. The van der Waals surface area contributed by atoms with Gasteiger partial charge in [0.25, 0.3) is 0 Å². The number of fused-ring (bicyclic) bond motifs is 1. The summed E-state index contributed by atoms with van der Waals surface area (Å²) >= 11 is 13.3. The van der Waals surface area contributed by atoms with E-state index in [-0.39, 0.29) is 16.3 Å². The molecule has 1 N–H and O–H groups in total. The third-order valence-electron chi connectivity index (χ3n) is 4.65. The maximum atomic E-state index is 12.7. The van der Waals surface area contributed by atoms with Crippen LogP contribution in [0.15, 0.2) is 76.4 Å². The van der Waals surface area contributed by atoms with Gasteiger partial charge in [-0.1, -0.05) is 70.9 Å². The molecule has 3 aromatic carbocycles. The van der Waals surface area contributed by atoms with E-state index in [0.29, 0.717) is 32.4 Å². The molecule has 0 aliphatic carbocycles. The van der Waals surface area contributed by atoms with Crippen molar-refractivity contribution in [1.82, 2.24) is 9.29 Å². The Labute approximate surface area is 187 Å². The number of sulfonamides is 1. The van der Waals surface area contributed by atoms with E-state index >= 15 is 0 Å². The summed E-state index contributed by atoms with van der Waals surface area (Å²) in [5, 5.41) is 1.07. The number of rotatable bonds is 6. The van der Waals surface area contributed by atoms with Crippen LogP contribution in [-0.2, 0) is 23.1 Å². The summed E-state index contributed by atoms with van der Waals surface area (Å²) in [6, 6.07) is 19.0. The molecule has 0 amide bonds. The van der Waals surface area contributed by atoms with Crippen molar-refractivity contribution in [3.05, 3.63) is 97.6 Å². The van der Waals surface area contributed by atoms with Crippen LogP contribution >= 0.6 is 34.5 Å². The number of aromatic nitrogens is 1. The maximum Gasteiger partial charge on any atom is 0.308 e. The lowest BCUT2D eigenvalue weighted by atomic mass is 10.2. The first-order chi connectivity index (χ1) is 14.3. The highest BCUT2D eigenvalue weighted by molar-refractivity contribution is 7.89. The monoisotopic (exact) mass is 478 g/mol. The Morgan fingerprint density at radius 1 is 0.900 bits per heavy atom. The van der Waals surface area contributed by atoms with E-state index in [9.17, 15) is 13.2 Å². The second-order valence-electron chi connectivity index (χ2n) is 6.59. The van der Waals surface area contributed by atoms with Gasteiger partial charge in [-0.3, -0.25) is 9.36 Å². The van der Waals surface area contributed by atoms with Crippen LogP contribution in [0.5, 0.6) is 0 Å². The molecule has 9 heteroatoms. The highest BCUT2D eigenvalue weighted by atomic mass is 35.5. The molecule has 0 fully saturated rings. The topological polar surface area (TPSA) is 68.2 Å². The van der Waals surface area contributed by atoms with Crippen LogP contribution in [0.3, 0.4) is 0 Å². The summed E-state index contributed by atoms with van der Waals surface area (Å²) in [7, 11) is -3.77. The summed E-state index contributed by atoms with van der Waals surface area (Å²) in [4.78, 5) is 12.4. The summed E-state index contributed by atoms with van der Waals surface area (Å²) in [6.45, 7) is 0.388. The van der Waals surface area contributed by atoms with Gasteiger partial charge in [0.2, 0.25) is 10.0 Å². The van der Waals surface area contributed by atoms with Crippen LogP contribution in [0.4, 0.5) is 0 Å². The summed E-state index contributed by atoms with van der Waals surface area (Å²) in [6.07, 6.45) is 0. The first-order valence-corrected chi connectivity index (χ1v) is 12.0. The molecule has 0 aliphatic rings. The van der Waals surface area contributed by atoms with Gasteiger partial charge in [-0.25, -0.2) is 13.1 Å². The van der Waals surface area contributed by atoms with Crippen molar-refractivity contribution in [2.75, 3.05) is 0 Å². The van der Waals surface area contributed by atoms with Gasteiger partial charge in [-0.2, -0.15) is 0 Å².